The van der Waals surface area contributed by atoms with E-state index in [9.17, 15) is 24.0 Å². The molecule has 0 saturated heterocycles. The Labute approximate surface area is 298 Å². The first-order chi connectivity index (χ1) is 24.5. The SMILES string of the molecule is CC[C@H](C)C1NC(=O)c2ccc(cc2)CN(C(=O)c2ccc(C#N)nc2)CCCCNC(=O)[C@@H](C)NC(=O)[C@H](Cc2ccc(OC)cc2)NC1=O. The Morgan fingerprint density at radius 1 is 0.961 bits per heavy atom. The molecule has 13 nitrogen and oxygen atoms in total. The standard InChI is InChI=1S/C38H45N7O6/c1-5-24(2)33-37(49)43-32(20-26-10-16-31(51-4)17-11-26)36(48)42-25(3)34(46)40-18-6-7-19-45(38(50)29-14-15-30(21-39)41-22-29)23-27-8-12-28(13-9-27)35(47)44-33/h8-17,22,24-25,32-33H,5-7,18-20,23H2,1-4H3,(H,40,46)(H,42,48)(H,43,49)(H,44,47)/t24-,25+,32-,33?/m0/s1. The first-order valence-corrected chi connectivity index (χ1v) is 17.1. The van der Waals surface area contributed by atoms with Crippen LogP contribution in [0.4, 0.5) is 0 Å². The second-order valence-corrected chi connectivity index (χ2v) is 12.6. The Kier molecular flexibility index (Phi) is 13.6. The minimum absolute atomic E-state index is 0.131. The van der Waals surface area contributed by atoms with E-state index in [2.05, 4.69) is 26.3 Å². The lowest BCUT2D eigenvalue weighted by Crippen LogP contribution is -2.58. The molecule has 4 N–H and O–H groups in total. The van der Waals surface area contributed by atoms with E-state index in [1.807, 2.05) is 19.9 Å². The molecule has 1 aromatic heterocycles. The third-order valence-electron chi connectivity index (χ3n) is 8.92. The molecule has 2 bridgehead atoms. The van der Waals surface area contributed by atoms with Crippen LogP contribution in [0.15, 0.2) is 66.9 Å². The van der Waals surface area contributed by atoms with Crippen LogP contribution < -0.4 is 26.0 Å². The number of carbonyl (C=O) groups is 5. The highest BCUT2D eigenvalue weighted by Gasteiger charge is 2.31. The molecule has 0 saturated carbocycles. The summed E-state index contributed by atoms with van der Waals surface area (Å²) in [4.78, 5) is 73.1. The van der Waals surface area contributed by atoms with Gasteiger partial charge in [0.05, 0.1) is 12.7 Å². The van der Waals surface area contributed by atoms with Crippen molar-refractivity contribution in [3.8, 4) is 11.8 Å². The highest BCUT2D eigenvalue weighted by Crippen LogP contribution is 2.16. The topological polar surface area (TPSA) is 183 Å². The fourth-order valence-corrected chi connectivity index (χ4v) is 5.57. The van der Waals surface area contributed by atoms with Crippen LogP contribution in [0.5, 0.6) is 5.75 Å². The van der Waals surface area contributed by atoms with E-state index in [0.29, 0.717) is 49.2 Å². The van der Waals surface area contributed by atoms with E-state index in [-0.39, 0.29) is 30.5 Å². The molecule has 1 unspecified atom stereocenters. The fourth-order valence-electron chi connectivity index (χ4n) is 5.57. The molecule has 0 fully saturated rings. The summed E-state index contributed by atoms with van der Waals surface area (Å²) >= 11 is 0. The Balaban J connectivity index is 1.61. The van der Waals surface area contributed by atoms with Crippen LogP contribution in [0.25, 0.3) is 0 Å². The average Bonchev–Trinajstić information content (AvgIpc) is 3.15. The van der Waals surface area contributed by atoms with Gasteiger partial charge in [0.1, 0.15) is 35.6 Å². The number of rotatable bonds is 6. The maximum atomic E-state index is 13.8. The maximum absolute atomic E-state index is 13.8. The number of pyridine rings is 1. The molecule has 0 radical (unpaired) electrons. The highest BCUT2D eigenvalue weighted by molar-refractivity contribution is 5.99. The average molecular weight is 696 g/mol. The van der Waals surface area contributed by atoms with Crippen LogP contribution >= 0.6 is 0 Å². The number of hydrogen-bond donors (Lipinski definition) is 4. The first kappa shape index (κ1) is 38.0. The van der Waals surface area contributed by atoms with Crippen LogP contribution in [0.2, 0.25) is 0 Å². The number of nitriles is 1. The molecular weight excluding hydrogens is 650 g/mol. The molecule has 51 heavy (non-hydrogen) atoms. The zero-order valence-corrected chi connectivity index (χ0v) is 29.4. The largest absolute Gasteiger partial charge is 0.497 e. The van der Waals surface area contributed by atoms with E-state index in [1.165, 1.54) is 12.3 Å². The van der Waals surface area contributed by atoms with E-state index in [1.54, 1.807) is 73.5 Å². The quantitative estimate of drug-likeness (QED) is 0.284. The molecule has 13 heteroatoms. The van der Waals surface area contributed by atoms with Crippen molar-refractivity contribution in [3.63, 3.8) is 0 Å². The number of ether oxygens (including phenoxy) is 1. The van der Waals surface area contributed by atoms with Crippen molar-refractivity contribution >= 4 is 29.5 Å². The Bertz CT molecular complexity index is 1720. The molecule has 268 valence electrons. The van der Waals surface area contributed by atoms with Gasteiger partial charge < -0.3 is 30.9 Å². The Morgan fingerprint density at radius 3 is 2.31 bits per heavy atom. The van der Waals surface area contributed by atoms with Gasteiger partial charge in [-0.2, -0.15) is 5.26 Å². The second-order valence-electron chi connectivity index (χ2n) is 12.6. The van der Waals surface area contributed by atoms with Crippen LogP contribution in [0.1, 0.15) is 77.6 Å². The highest BCUT2D eigenvalue weighted by atomic mass is 16.5. The van der Waals surface area contributed by atoms with Gasteiger partial charge in [-0.05, 0) is 73.2 Å². The number of carbonyl (C=O) groups excluding carboxylic acids is 5. The number of nitrogens with zero attached hydrogens (tertiary/aromatic N) is 3. The summed E-state index contributed by atoms with van der Waals surface area (Å²) in [6, 6.07) is 16.0. The van der Waals surface area contributed by atoms with E-state index < -0.39 is 41.8 Å². The van der Waals surface area contributed by atoms with Gasteiger partial charge in [0.2, 0.25) is 17.7 Å². The van der Waals surface area contributed by atoms with Gasteiger partial charge in [-0.3, -0.25) is 24.0 Å². The summed E-state index contributed by atoms with van der Waals surface area (Å²) in [5.41, 5.74) is 2.38. The van der Waals surface area contributed by atoms with Gasteiger partial charge in [0.15, 0.2) is 0 Å². The third kappa shape index (κ3) is 10.6. The van der Waals surface area contributed by atoms with Crippen molar-refractivity contribution in [1.82, 2.24) is 31.2 Å². The summed E-state index contributed by atoms with van der Waals surface area (Å²) in [7, 11) is 1.55. The molecule has 4 atom stereocenters. The minimum atomic E-state index is -1.05. The molecule has 5 rings (SSSR count). The molecule has 0 aliphatic carbocycles. The molecular formula is C38H45N7O6. The van der Waals surface area contributed by atoms with E-state index in [0.717, 1.165) is 11.1 Å². The van der Waals surface area contributed by atoms with Gasteiger partial charge in [-0.1, -0.05) is 44.5 Å². The Morgan fingerprint density at radius 2 is 1.69 bits per heavy atom. The van der Waals surface area contributed by atoms with Crippen molar-refractivity contribution in [2.75, 3.05) is 20.2 Å². The number of fused-ring (bicyclic) bond motifs is 18. The van der Waals surface area contributed by atoms with Gasteiger partial charge in [0.25, 0.3) is 11.8 Å². The van der Waals surface area contributed by atoms with Gasteiger partial charge in [-0.25, -0.2) is 4.98 Å². The normalized spacial score (nSPS) is 20.1. The predicted octanol–water partition coefficient (Wildman–Crippen LogP) is 2.89. The monoisotopic (exact) mass is 695 g/mol. The van der Waals surface area contributed by atoms with Gasteiger partial charge >= 0.3 is 0 Å². The molecule has 0 spiro atoms. The molecule has 5 amide bonds. The van der Waals surface area contributed by atoms with Gasteiger partial charge in [-0.15, -0.1) is 0 Å². The van der Waals surface area contributed by atoms with Crippen molar-refractivity contribution in [2.24, 2.45) is 5.92 Å². The van der Waals surface area contributed by atoms with E-state index >= 15 is 0 Å². The summed E-state index contributed by atoms with van der Waals surface area (Å²) in [6.45, 7) is 6.22. The molecule has 2 aromatic carbocycles. The number of aromatic nitrogens is 1. The lowest BCUT2D eigenvalue weighted by atomic mass is 9.96. The molecule has 2 aliphatic heterocycles. The van der Waals surface area contributed by atoms with Crippen LogP contribution in [0, 0.1) is 17.2 Å². The van der Waals surface area contributed by atoms with E-state index in [4.69, 9.17) is 10.00 Å². The number of benzene rings is 2. The van der Waals surface area contributed by atoms with Crippen LogP contribution in [-0.4, -0.2) is 77.7 Å². The van der Waals surface area contributed by atoms with Crippen molar-refractivity contribution in [2.45, 2.75) is 71.1 Å². The number of nitrogens with one attached hydrogen (secondary N) is 4. The summed E-state index contributed by atoms with van der Waals surface area (Å²) in [5.74, 6) is -1.86. The molecule has 3 heterocycles. The first-order valence-electron chi connectivity index (χ1n) is 17.1. The van der Waals surface area contributed by atoms with Crippen molar-refractivity contribution in [1.29, 1.82) is 5.26 Å². The predicted molar refractivity (Wildman–Crippen MR) is 189 cm³/mol. The van der Waals surface area contributed by atoms with Crippen LogP contribution in [0.3, 0.4) is 0 Å². The number of amides is 5. The molecule has 2 aliphatic rings. The zero-order valence-electron chi connectivity index (χ0n) is 29.4. The number of methoxy groups -OCH3 is 1. The van der Waals surface area contributed by atoms with Crippen molar-refractivity contribution < 1.29 is 28.7 Å². The lowest BCUT2D eigenvalue weighted by Gasteiger charge is -2.27. The zero-order chi connectivity index (χ0) is 36.9. The van der Waals surface area contributed by atoms with Crippen LogP contribution in [-0.2, 0) is 27.3 Å². The Hall–Kier alpha value is -5.77. The fraction of sp³-hybridized carbons (Fsp3) is 0.395. The lowest BCUT2D eigenvalue weighted by molar-refractivity contribution is -0.132. The van der Waals surface area contributed by atoms with Crippen molar-refractivity contribution in [3.05, 3.63) is 94.8 Å². The van der Waals surface area contributed by atoms with Gasteiger partial charge in [0, 0.05) is 37.8 Å². The summed E-state index contributed by atoms with van der Waals surface area (Å²) in [6.07, 6.45) is 3.18. The minimum Gasteiger partial charge on any atom is -0.497 e. The number of hydrogen-bond acceptors (Lipinski definition) is 8. The third-order valence-corrected chi connectivity index (χ3v) is 8.92. The summed E-state index contributed by atoms with van der Waals surface area (Å²) in [5, 5.41) is 20.4. The second kappa shape index (κ2) is 18.3. The maximum Gasteiger partial charge on any atom is 0.255 e. The molecule has 3 aromatic rings. The summed E-state index contributed by atoms with van der Waals surface area (Å²) < 4.78 is 5.25. The smallest absolute Gasteiger partial charge is 0.255 e.